The number of alkyl halides is 3. The number of Topliss-reactive ketones (excluding diaryl/α,β-unsaturated/α-hetero) is 1. The first-order chi connectivity index (χ1) is 16.4. The first-order valence-corrected chi connectivity index (χ1v) is 14.1. The van der Waals surface area contributed by atoms with Gasteiger partial charge in [0.15, 0.2) is 5.78 Å². The Kier molecular flexibility index (Phi) is 7.58. The summed E-state index contributed by atoms with van der Waals surface area (Å²) in [6, 6.07) is 7.62. The number of ether oxygens (including phenoxy) is 1. The molecule has 2 aromatic heterocycles. The molecular formula is C22H20ClF3N2O4S3. The van der Waals surface area contributed by atoms with E-state index in [-0.39, 0.29) is 34.6 Å². The van der Waals surface area contributed by atoms with Gasteiger partial charge in [0.1, 0.15) is 9.96 Å². The lowest BCUT2D eigenvalue weighted by molar-refractivity contribution is -0.274. The van der Waals surface area contributed by atoms with Crippen LogP contribution in [0.15, 0.2) is 46.0 Å². The summed E-state index contributed by atoms with van der Waals surface area (Å²) in [5.74, 6) is -0.751. The van der Waals surface area contributed by atoms with Gasteiger partial charge >= 0.3 is 6.36 Å². The average Bonchev–Trinajstić information content (AvgIpc) is 3.53. The van der Waals surface area contributed by atoms with Gasteiger partial charge in [0, 0.05) is 29.8 Å². The molecule has 2 atom stereocenters. The van der Waals surface area contributed by atoms with E-state index in [0.717, 1.165) is 11.3 Å². The standard InChI is InChI=1S/C22H20ClF3N2O4S3/c1-13(21-27-16(12-33-21)14-4-6-15(7-5-14)32-22(24,25)26)11-18(29)17-3-2-10-28(17)35(30,31)20-9-8-19(23)34-20/h4-9,12-13,17H,2-3,10-11H2,1H3/t13-,17+/m1/s1. The molecule has 1 aliphatic heterocycles. The summed E-state index contributed by atoms with van der Waals surface area (Å²) < 4.78 is 68.7. The Bertz CT molecular complexity index is 1310. The molecule has 1 saturated heterocycles. The lowest BCUT2D eigenvalue weighted by Crippen LogP contribution is -2.40. The van der Waals surface area contributed by atoms with E-state index in [1.54, 1.807) is 5.38 Å². The molecule has 1 aromatic carbocycles. The van der Waals surface area contributed by atoms with E-state index in [0.29, 0.717) is 33.4 Å². The van der Waals surface area contributed by atoms with Crippen molar-refractivity contribution in [1.29, 1.82) is 0 Å². The first-order valence-electron chi connectivity index (χ1n) is 10.6. The van der Waals surface area contributed by atoms with E-state index in [1.807, 2.05) is 6.92 Å². The third kappa shape index (κ3) is 6.05. The predicted molar refractivity (Wildman–Crippen MR) is 129 cm³/mol. The maximum Gasteiger partial charge on any atom is 0.573 e. The molecule has 0 unspecified atom stereocenters. The Labute approximate surface area is 213 Å². The van der Waals surface area contributed by atoms with Gasteiger partial charge < -0.3 is 4.74 Å². The molecule has 0 spiro atoms. The van der Waals surface area contributed by atoms with Crippen LogP contribution in [0.25, 0.3) is 11.3 Å². The molecule has 6 nitrogen and oxygen atoms in total. The van der Waals surface area contributed by atoms with E-state index >= 15 is 0 Å². The molecule has 0 radical (unpaired) electrons. The summed E-state index contributed by atoms with van der Waals surface area (Å²) in [5, 5.41) is 2.45. The highest BCUT2D eigenvalue weighted by Crippen LogP contribution is 2.35. The van der Waals surface area contributed by atoms with Crippen LogP contribution >= 0.6 is 34.3 Å². The maximum atomic E-state index is 13.1. The number of benzene rings is 1. The minimum atomic E-state index is -4.76. The number of carbonyl (C=O) groups is 1. The zero-order valence-electron chi connectivity index (χ0n) is 18.3. The van der Waals surface area contributed by atoms with Gasteiger partial charge in [-0.3, -0.25) is 4.79 Å². The average molecular weight is 565 g/mol. The lowest BCUT2D eigenvalue weighted by atomic mass is 10.00. The first kappa shape index (κ1) is 26.1. The van der Waals surface area contributed by atoms with Gasteiger partial charge in [0.05, 0.1) is 21.1 Å². The zero-order chi connectivity index (χ0) is 25.4. The smallest absolute Gasteiger partial charge is 0.406 e. The minimum Gasteiger partial charge on any atom is -0.406 e. The summed E-state index contributed by atoms with van der Waals surface area (Å²) in [5.41, 5.74) is 1.19. The Morgan fingerprint density at radius 1 is 1.26 bits per heavy atom. The molecule has 0 saturated carbocycles. The molecule has 3 aromatic rings. The molecule has 1 aliphatic rings. The van der Waals surface area contributed by atoms with Crippen molar-refractivity contribution in [3.63, 3.8) is 0 Å². The van der Waals surface area contributed by atoms with Gasteiger partial charge in [-0.1, -0.05) is 18.5 Å². The fourth-order valence-corrected chi connectivity index (χ4v) is 8.08. The molecule has 0 aliphatic carbocycles. The summed E-state index contributed by atoms with van der Waals surface area (Å²) in [7, 11) is -3.81. The van der Waals surface area contributed by atoms with Crippen molar-refractivity contribution in [2.24, 2.45) is 0 Å². The second kappa shape index (κ2) is 10.2. The minimum absolute atomic E-state index is 0.117. The largest absolute Gasteiger partial charge is 0.573 e. The Hall–Kier alpha value is -1.99. The van der Waals surface area contributed by atoms with Crippen molar-refractivity contribution < 1.29 is 31.1 Å². The van der Waals surface area contributed by atoms with Crippen molar-refractivity contribution >= 4 is 50.1 Å². The number of carbonyl (C=O) groups excluding carboxylic acids is 1. The number of hydrogen-bond acceptors (Lipinski definition) is 7. The van der Waals surface area contributed by atoms with Crippen LogP contribution in [0.3, 0.4) is 0 Å². The fraction of sp³-hybridized carbons (Fsp3) is 0.364. The number of aromatic nitrogens is 1. The molecule has 1 fully saturated rings. The van der Waals surface area contributed by atoms with Crippen LogP contribution in [0.2, 0.25) is 4.34 Å². The van der Waals surface area contributed by atoms with Crippen LogP contribution < -0.4 is 4.74 Å². The summed E-state index contributed by atoms with van der Waals surface area (Å²) in [4.78, 5) is 17.6. The molecule has 13 heteroatoms. The number of sulfonamides is 1. The second-order valence-corrected chi connectivity index (χ2v) is 12.8. The number of halogens is 4. The molecule has 188 valence electrons. The number of ketones is 1. The molecule has 0 bridgehead atoms. The molecular weight excluding hydrogens is 545 g/mol. The monoisotopic (exact) mass is 564 g/mol. The number of hydrogen-bond donors (Lipinski definition) is 0. The van der Waals surface area contributed by atoms with Crippen molar-refractivity contribution in [3.8, 4) is 17.0 Å². The van der Waals surface area contributed by atoms with Crippen molar-refractivity contribution in [3.05, 3.63) is 51.1 Å². The highest BCUT2D eigenvalue weighted by atomic mass is 35.5. The Balaban J connectivity index is 1.43. The van der Waals surface area contributed by atoms with Gasteiger partial charge in [-0.2, -0.15) is 4.31 Å². The molecule has 0 amide bonds. The van der Waals surface area contributed by atoms with Crippen LogP contribution in [0.5, 0.6) is 5.75 Å². The van der Waals surface area contributed by atoms with Crippen LogP contribution in [0.1, 0.15) is 37.1 Å². The fourth-order valence-electron chi connectivity index (χ4n) is 3.90. The second-order valence-electron chi connectivity index (χ2n) is 8.05. The SMILES string of the molecule is C[C@H](CC(=O)[C@@H]1CCCN1S(=O)(=O)c1ccc(Cl)s1)c1nc(-c2ccc(OC(F)(F)F)cc2)cs1. The van der Waals surface area contributed by atoms with Crippen molar-refractivity contribution in [1.82, 2.24) is 9.29 Å². The number of thiophene rings is 1. The Morgan fingerprint density at radius 3 is 2.60 bits per heavy atom. The molecule has 4 rings (SSSR count). The van der Waals surface area contributed by atoms with Gasteiger partial charge in [-0.15, -0.1) is 35.8 Å². The summed E-state index contributed by atoms with van der Waals surface area (Å²) in [6.07, 6.45) is -3.59. The summed E-state index contributed by atoms with van der Waals surface area (Å²) in [6.45, 7) is 2.12. The third-order valence-electron chi connectivity index (χ3n) is 5.52. The Morgan fingerprint density at radius 2 is 1.97 bits per heavy atom. The number of rotatable bonds is 8. The quantitative estimate of drug-likeness (QED) is 0.319. The predicted octanol–water partition coefficient (Wildman–Crippen LogP) is 6.34. The van der Waals surface area contributed by atoms with Crippen LogP contribution in [-0.4, -0.2) is 42.4 Å². The van der Waals surface area contributed by atoms with E-state index in [4.69, 9.17) is 11.6 Å². The van der Waals surface area contributed by atoms with Gasteiger partial charge in [0.2, 0.25) is 0 Å². The molecule has 0 N–H and O–H groups in total. The van der Waals surface area contributed by atoms with Crippen LogP contribution in [-0.2, 0) is 14.8 Å². The highest BCUT2D eigenvalue weighted by Gasteiger charge is 2.40. The number of thiazole rings is 1. The highest BCUT2D eigenvalue weighted by molar-refractivity contribution is 7.91. The van der Waals surface area contributed by atoms with E-state index < -0.39 is 22.4 Å². The zero-order valence-corrected chi connectivity index (χ0v) is 21.5. The summed E-state index contributed by atoms with van der Waals surface area (Å²) >= 11 is 8.20. The van der Waals surface area contributed by atoms with Crippen molar-refractivity contribution in [2.45, 2.75) is 48.7 Å². The lowest BCUT2D eigenvalue weighted by Gasteiger charge is -2.23. The van der Waals surface area contributed by atoms with Crippen LogP contribution in [0, 0.1) is 0 Å². The van der Waals surface area contributed by atoms with Crippen LogP contribution in [0.4, 0.5) is 13.2 Å². The van der Waals surface area contributed by atoms with E-state index in [2.05, 4.69) is 9.72 Å². The topological polar surface area (TPSA) is 76.6 Å². The number of nitrogens with zero attached hydrogens (tertiary/aromatic N) is 2. The molecule has 35 heavy (non-hydrogen) atoms. The molecule has 3 heterocycles. The van der Waals surface area contributed by atoms with Crippen molar-refractivity contribution in [2.75, 3.05) is 6.54 Å². The van der Waals surface area contributed by atoms with Gasteiger partial charge in [0.25, 0.3) is 10.0 Å². The third-order valence-corrected chi connectivity index (χ3v) is 10.2. The van der Waals surface area contributed by atoms with Gasteiger partial charge in [-0.25, -0.2) is 13.4 Å². The van der Waals surface area contributed by atoms with E-state index in [1.165, 1.54) is 52.0 Å². The maximum absolute atomic E-state index is 13.1. The van der Waals surface area contributed by atoms with Gasteiger partial charge in [-0.05, 0) is 49.2 Å². The van der Waals surface area contributed by atoms with E-state index in [9.17, 15) is 26.4 Å². The normalized spacial score (nSPS) is 18.0.